The lowest BCUT2D eigenvalue weighted by atomic mass is 10.2. The van der Waals surface area contributed by atoms with Gasteiger partial charge in [-0.25, -0.2) is 9.97 Å². The molecule has 0 aliphatic carbocycles. The Morgan fingerprint density at radius 3 is 2.45 bits per heavy atom. The maximum Gasteiger partial charge on any atom is 0.252 e. The number of anilines is 2. The molecule has 3 aromatic rings. The van der Waals surface area contributed by atoms with Gasteiger partial charge in [-0.3, -0.25) is 9.69 Å². The molecule has 4 rings (SSSR count). The summed E-state index contributed by atoms with van der Waals surface area (Å²) in [5.41, 5.74) is 2.52. The van der Waals surface area contributed by atoms with Crippen LogP contribution in [-0.2, 0) is 4.79 Å². The van der Waals surface area contributed by atoms with Crippen LogP contribution >= 0.6 is 0 Å². The average Bonchev–Trinajstić information content (AvgIpc) is 2.76. The second-order valence-electron chi connectivity index (χ2n) is 6.77. The third kappa shape index (κ3) is 3.96. The molecule has 6 heteroatoms. The number of fused-ring (bicyclic) bond motifs is 2. The Labute approximate surface area is 169 Å². The molecule has 0 spiro atoms. The van der Waals surface area contributed by atoms with E-state index in [2.05, 4.69) is 6.58 Å². The van der Waals surface area contributed by atoms with Crippen LogP contribution in [0.15, 0.2) is 67.3 Å². The van der Waals surface area contributed by atoms with E-state index in [1.165, 1.54) is 0 Å². The van der Waals surface area contributed by atoms with Gasteiger partial charge in [0.1, 0.15) is 12.4 Å². The van der Waals surface area contributed by atoms with Gasteiger partial charge in [0.2, 0.25) is 0 Å². The lowest BCUT2D eigenvalue weighted by Crippen LogP contribution is -2.43. The van der Waals surface area contributed by atoms with E-state index in [1.54, 1.807) is 23.1 Å². The maximum absolute atomic E-state index is 12.9. The zero-order chi connectivity index (χ0) is 20.2. The minimum atomic E-state index is -0.115. The van der Waals surface area contributed by atoms with Gasteiger partial charge in [0.05, 0.1) is 11.0 Å². The molecule has 146 valence electrons. The summed E-state index contributed by atoms with van der Waals surface area (Å²) in [7, 11) is 1.97. The van der Waals surface area contributed by atoms with Crippen molar-refractivity contribution in [3.05, 3.63) is 72.8 Å². The minimum absolute atomic E-state index is 0.115. The quantitative estimate of drug-likeness (QED) is 0.494. The Morgan fingerprint density at radius 2 is 1.76 bits per heavy atom. The number of rotatable bonds is 5. The zero-order valence-electron chi connectivity index (χ0n) is 16.3. The number of ether oxygens (including phenoxy) is 1. The van der Waals surface area contributed by atoms with Crippen LogP contribution in [0.3, 0.4) is 0 Å². The van der Waals surface area contributed by atoms with Crippen LogP contribution in [-0.4, -0.2) is 42.6 Å². The summed E-state index contributed by atoms with van der Waals surface area (Å²) in [5.74, 6) is 1.97. The molecule has 0 atom stereocenters. The van der Waals surface area contributed by atoms with Gasteiger partial charge in [-0.15, -0.1) is 0 Å². The monoisotopic (exact) mass is 386 g/mol. The Balaban J connectivity index is 1.56. The van der Waals surface area contributed by atoms with Crippen LogP contribution in [0.4, 0.5) is 11.6 Å². The van der Waals surface area contributed by atoms with Crippen LogP contribution < -0.4 is 14.5 Å². The predicted octanol–water partition coefficient (Wildman–Crippen LogP) is 3.69. The van der Waals surface area contributed by atoms with Crippen LogP contribution in [0.25, 0.3) is 17.1 Å². The molecule has 1 aliphatic rings. The first kappa shape index (κ1) is 18.7. The lowest BCUT2D eigenvalue weighted by Gasteiger charge is -2.33. The van der Waals surface area contributed by atoms with Crippen molar-refractivity contribution in [3.63, 3.8) is 0 Å². The van der Waals surface area contributed by atoms with Crippen LogP contribution in [0.1, 0.15) is 5.56 Å². The van der Waals surface area contributed by atoms with Crippen molar-refractivity contribution in [2.75, 3.05) is 36.5 Å². The number of carbonyl (C=O) groups excluding carboxylic acids is 1. The Kier molecular flexibility index (Phi) is 5.24. The second kappa shape index (κ2) is 8.14. The molecule has 1 aromatic heterocycles. The minimum Gasteiger partial charge on any atom is -0.490 e. The fourth-order valence-electron chi connectivity index (χ4n) is 3.18. The highest BCUT2D eigenvalue weighted by Gasteiger charge is 2.27. The normalized spacial score (nSPS) is 13.6. The summed E-state index contributed by atoms with van der Waals surface area (Å²) in [4.78, 5) is 26.0. The van der Waals surface area contributed by atoms with Crippen LogP contribution in [0, 0.1) is 0 Å². The molecule has 2 aromatic carbocycles. The molecular formula is C23H22N4O2. The van der Waals surface area contributed by atoms with Crippen LogP contribution in [0.2, 0.25) is 0 Å². The summed E-state index contributed by atoms with van der Waals surface area (Å²) < 4.78 is 5.48. The number of nitrogens with zero attached hydrogens (tertiary/aromatic N) is 4. The number of hydrogen-bond acceptors (Lipinski definition) is 5. The van der Waals surface area contributed by atoms with E-state index in [0.717, 1.165) is 28.2 Å². The number of carbonyl (C=O) groups is 1. The van der Waals surface area contributed by atoms with Crippen molar-refractivity contribution >= 4 is 34.7 Å². The molecule has 0 N–H and O–H groups in total. The van der Waals surface area contributed by atoms with Crippen molar-refractivity contribution in [2.24, 2.45) is 0 Å². The largest absolute Gasteiger partial charge is 0.490 e. The number of hydrogen-bond donors (Lipinski definition) is 0. The van der Waals surface area contributed by atoms with Gasteiger partial charge in [-0.2, -0.15) is 0 Å². The van der Waals surface area contributed by atoms with Gasteiger partial charge >= 0.3 is 0 Å². The SMILES string of the molecule is C=CCOc1ccc(/C=C/C(=O)N2CCN(C)c3nc4ccccc4nc32)cc1. The highest BCUT2D eigenvalue weighted by molar-refractivity contribution is 6.05. The fourth-order valence-corrected chi connectivity index (χ4v) is 3.18. The number of para-hydroxylation sites is 2. The summed E-state index contributed by atoms with van der Waals surface area (Å²) in [6, 6.07) is 15.3. The lowest BCUT2D eigenvalue weighted by molar-refractivity contribution is -0.114. The number of likely N-dealkylation sites (N-methyl/N-ethyl adjacent to an activating group) is 1. The molecule has 1 aliphatic heterocycles. The third-order valence-corrected chi connectivity index (χ3v) is 4.74. The van der Waals surface area contributed by atoms with E-state index in [1.807, 2.05) is 60.5 Å². The smallest absolute Gasteiger partial charge is 0.252 e. The molecule has 0 fully saturated rings. The maximum atomic E-state index is 12.9. The Hall–Kier alpha value is -3.67. The van der Waals surface area contributed by atoms with Crippen molar-refractivity contribution in [1.29, 1.82) is 0 Å². The molecule has 0 saturated carbocycles. The first-order chi connectivity index (χ1) is 14.2. The van der Waals surface area contributed by atoms with E-state index in [0.29, 0.717) is 25.5 Å². The molecule has 0 saturated heterocycles. The van der Waals surface area contributed by atoms with Gasteiger partial charge in [-0.1, -0.05) is 36.9 Å². The van der Waals surface area contributed by atoms with Crippen LogP contribution in [0.5, 0.6) is 5.75 Å². The van der Waals surface area contributed by atoms with E-state index in [4.69, 9.17) is 14.7 Å². The van der Waals surface area contributed by atoms with Crippen molar-refractivity contribution in [1.82, 2.24) is 9.97 Å². The summed E-state index contributed by atoms with van der Waals surface area (Å²) >= 11 is 0. The van der Waals surface area contributed by atoms with Crippen molar-refractivity contribution in [2.45, 2.75) is 0 Å². The van der Waals surface area contributed by atoms with Gasteiger partial charge in [0.25, 0.3) is 5.91 Å². The number of benzene rings is 2. The summed E-state index contributed by atoms with van der Waals surface area (Å²) in [6.07, 6.45) is 5.07. The first-order valence-electron chi connectivity index (χ1n) is 9.47. The van der Waals surface area contributed by atoms with Gasteiger partial charge < -0.3 is 9.64 Å². The molecule has 0 radical (unpaired) electrons. The number of amides is 1. The Morgan fingerprint density at radius 1 is 1.07 bits per heavy atom. The first-order valence-corrected chi connectivity index (χ1v) is 9.47. The molecule has 0 unspecified atom stereocenters. The molecule has 6 nitrogen and oxygen atoms in total. The third-order valence-electron chi connectivity index (χ3n) is 4.74. The predicted molar refractivity (Wildman–Crippen MR) is 116 cm³/mol. The standard InChI is InChI=1S/C23H22N4O2/c1-3-16-29-18-11-8-17(9-12-18)10-13-21(28)27-15-14-26(2)22-23(27)25-20-7-5-4-6-19(20)24-22/h3-13H,1,14-16H2,2H3/b13-10+. The fraction of sp³-hybridized carbons (Fsp3) is 0.174. The van der Waals surface area contributed by atoms with E-state index >= 15 is 0 Å². The van der Waals surface area contributed by atoms with Gasteiger partial charge in [0.15, 0.2) is 11.6 Å². The van der Waals surface area contributed by atoms with E-state index in [-0.39, 0.29) is 5.91 Å². The Bertz CT molecular complexity index is 1080. The van der Waals surface area contributed by atoms with Gasteiger partial charge in [-0.05, 0) is 35.9 Å². The summed E-state index contributed by atoms with van der Waals surface area (Å²) in [5, 5.41) is 0. The zero-order valence-corrected chi connectivity index (χ0v) is 16.3. The average molecular weight is 386 g/mol. The highest BCUT2D eigenvalue weighted by atomic mass is 16.5. The number of aromatic nitrogens is 2. The van der Waals surface area contributed by atoms with E-state index in [9.17, 15) is 4.79 Å². The molecule has 29 heavy (non-hydrogen) atoms. The summed E-state index contributed by atoms with van der Waals surface area (Å²) in [6.45, 7) is 5.36. The molecule has 1 amide bonds. The second-order valence-corrected chi connectivity index (χ2v) is 6.77. The van der Waals surface area contributed by atoms with Crippen molar-refractivity contribution in [3.8, 4) is 5.75 Å². The molecule has 0 bridgehead atoms. The molecular weight excluding hydrogens is 364 g/mol. The highest BCUT2D eigenvalue weighted by Crippen LogP contribution is 2.30. The topological polar surface area (TPSA) is 58.6 Å². The molecule has 2 heterocycles. The van der Waals surface area contributed by atoms with E-state index < -0.39 is 0 Å². The van der Waals surface area contributed by atoms with Crippen molar-refractivity contribution < 1.29 is 9.53 Å². The van der Waals surface area contributed by atoms with Gasteiger partial charge in [0, 0.05) is 26.2 Å².